The molecule has 0 atom stereocenters. The van der Waals surface area contributed by atoms with Crippen molar-refractivity contribution >= 4 is 0 Å². The van der Waals surface area contributed by atoms with Crippen LogP contribution in [0.25, 0.3) is 5.69 Å². The Bertz CT molecular complexity index is 394. The summed E-state index contributed by atoms with van der Waals surface area (Å²) in [6.07, 6.45) is 3.68. The number of imidazole rings is 1. The number of hydrogen-bond donors (Lipinski definition) is 2. The number of benzene rings is 1. The topological polar surface area (TPSA) is 55.9 Å². The van der Waals surface area contributed by atoms with E-state index in [0.29, 0.717) is 6.54 Å². The Morgan fingerprint density at radius 3 is 2.79 bits per heavy atom. The van der Waals surface area contributed by atoms with Crippen molar-refractivity contribution in [1.29, 1.82) is 0 Å². The van der Waals surface area contributed by atoms with Crippen LogP contribution < -0.4 is 11.3 Å². The molecule has 0 aliphatic heterocycles. The van der Waals surface area contributed by atoms with Crippen LogP contribution >= 0.6 is 0 Å². The molecule has 0 bridgehead atoms. The van der Waals surface area contributed by atoms with E-state index in [9.17, 15) is 0 Å². The molecule has 0 aliphatic rings. The smallest absolute Gasteiger partial charge is 0.128 e. The van der Waals surface area contributed by atoms with E-state index < -0.39 is 0 Å². The minimum atomic E-state index is 0.557. The Labute approximate surface area is 82.4 Å². The molecule has 3 N–H and O–H groups in total. The van der Waals surface area contributed by atoms with E-state index in [2.05, 4.69) is 10.4 Å². The molecule has 0 saturated carbocycles. The highest BCUT2D eigenvalue weighted by Crippen LogP contribution is 2.09. The van der Waals surface area contributed by atoms with Crippen LogP contribution in [0.5, 0.6) is 0 Å². The lowest BCUT2D eigenvalue weighted by Gasteiger charge is -2.06. The summed E-state index contributed by atoms with van der Waals surface area (Å²) >= 11 is 0. The summed E-state index contributed by atoms with van der Waals surface area (Å²) < 4.78 is 2.00. The predicted octanol–water partition coefficient (Wildman–Crippen LogP) is 0.836. The van der Waals surface area contributed by atoms with Gasteiger partial charge in [0, 0.05) is 18.1 Å². The molecule has 2 rings (SSSR count). The molecule has 0 amide bonds. The van der Waals surface area contributed by atoms with Crippen molar-refractivity contribution in [2.45, 2.75) is 6.54 Å². The minimum absolute atomic E-state index is 0.557. The normalized spacial score (nSPS) is 10.4. The van der Waals surface area contributed by atoms with Gasteiger partial charge in [-0.2, -0.15) is 0 Å². The summed E-state index contributed by atoms with van der Waals surface area (Å²) in [6.45, 7) is 0.557. The van der Waals surface area contributed by atoms with Gasteiger partial charge in [0.1, 0.15) is 5.82 Å². The lowest BCUT2D eigenvalue weighted by atomic mass is 10.3. The van der Waals surface area contributed by atoms with Crippen LogP contribution in [0.1, 0.15) is 5.82 Å². The zero-order valence-corrected chi connectivity index (χ0v) is 7.72. The van der Waals surface area contributed by atoms with Crippen molar-refractivity contribution in [1.82, 2.24) is 15.0 Å². The van der Waals surface area contributed by atoms with Gasteiger partial charge in [0.15, 0.2) is 0 Å². The highest BCUT2D eigenvalue weighted by atomic mass is 15.2. The van der Waals surface area contributed by atoms with E-state index in [0.717, 1.165) is 11.5 Å². The van der Waals surface area contributed by atoms with Crippen molar-refractivity contribution < 1.29 is 0 Å². The highest BCUT2D eigenvalue weighted by Gasteiger charge is 2.02. The van der Waals surface area contributed by atoms with E-state index in [1.165, 1.54) is 0 Å². The second-order valence-electron chi connectivity index (χ2n) is 2.93. The number of nitrogens with two attached hydrogens (primary N) is 1. The second kappa shape index (κ2) is 4.04. The first kappa shape index (κ1) is 8.93. The summed E-state index contributed by atoms with van der Waals surface area (Å²) in [5, 5.41) is 0. The Balaban J connectivity index is 2.37. The number of hydrogen-bond acceptors (Lipinski definition) is 3. The van der Waals surface area contributed by atoms with Gasteiger partial charge in [0.05, 0.1) is 6.54 Å². The van der Waals surface area contributed by atoms with Gasteiger partial charge in [-0.25, -0.2) is 4.98 Å². The molecule has 4 nitrogen and oxygen atoms in total. The van der Waals surface area contributed by atoms with Gasteiger partial charge < -0.3 is 4.57 Å². The van der Waals surface area contributed by atoms with Crippen LogP contribution in [0.3, 0.4) is 0 Å². The molecule has 72 valence electrons. The van der Waals surface area contributed by atoms with Crippen molar-refractivity contribution in [2.24, 2.45) is 5.84 Å². The minimum Gasteiger partial charge on any atom is -0.303 e. The summed E-state index contributed by atoms with van der Waals surface area (Å²) in [5.41, 5.74) is 3.69. The molecular weight excluding hydrogens is 176 g/mol. The van der Waals surface area contributed by atoms with Gasteiger partial charge in [-0.3, -0.25) is 11.3 Å². The molecule has 0 fully saturated rings. The Morgan fingerprint density at radius 1 is 1.29 bits per heavy atom. The van der Waals surface area contributed by atoms with E-state index in [4.69, 9.17) is 5.84 Å². The van der Waals surface area contributed by atoms with Gasteiger partial charge in [-0.05, 0) is 12.1 Å². The molecule has 1 heterocycles. The monoisotopic (exact) mass is 188 g/mol. The Hall–Kier alpha value is -1.65. The number of rotatable bonds is 3. The Kier molecular flexibility index (Phi) is 2.58. The van der Waals surface area contributed by atoms with Crippen LogP contribution in [0.2, 0.25) is 0 Å². The Morgan fingerprint density at radius 2 is 2.07 bits per heavy atom. The first-order valence-corrected chi connectivity index (χ1v) is 4.43. The zero-order chi connectivity index (χ0) is 9.80. The average molecular weight is 188 g/mol. The van der Waals surface area contributed by atoms with Crippen LogP contribution in [0.15, 0.2) is 42.7 Å². The molecule has 4 heteroatoms. The molecule has 2 aromatic rings. The number of hydrazine groups is 1. The fourth-order valence-corrected chi connectivity index (χ4v) is 1.38. The first-order chi connectivity index (χ1) is 6.92. The van der Waals surface area contributed by atoms with Crippen LogP contribution in [-0.4, -0.2) is 9.55 Å². The third-order valence-electron chi connectivity index (χ3n) is 2.01. The standard InChI is InChI=1S/C10H12N4/c11-13-8-10-12-6-7-14(10)9-4-2-1-3-5-9/h1-7,13H,8,11H2. The van der Waals surface area contributed by atoms with E-state index >= 15 is 0 Å². The molecule has 0 spiro atoms. The quantitative estimate of drug-likeness (QED) is 0.554. The fraction of sp³-hybridized carbons (Fsp3) is 0.100. The number of para-hydroxylation sites is 1. The van der Waals surface area contributed by atoms with E-state index in [1.54, 1.807) is 6.20 Å². The van der Waals surface area contributed by atoms with Gasteiger partial charge in [-0.15, -0.1) is 0 Å². The highest BCUT2D eigenvalue weighted by molar-refractivity contribution is 5.32. The molecule has 14 heavy (non-hydrogen) atoms. The van der Waals surface area contributed by atoms with Gasteiger partial charge in [-0.1, -0.05) is 18.2 Å². The van der Waals surface area contributed by atoms with Crippen molar-refractivity contribution in [3.05, 3.63) is 48.5 Å². The molecule has 1 aromatic carbocycles. The van der Waals surface area contributed by atoms with Crippen molar-refractivity contribution in [3.63, 3.8) is 0 Å². The van der Waals surface area contributed by atoms with Crippen LogP contribution in [-0.2, 0) is 6.54 Å². The lowest BCUT2D eigenvalue weighted by Crippen LogP contribution is -2.23. The molecule has 0 saturated heterocycles. The molecule has 0 unspecified atom stereocenters. The van der Waals surface area contributed by atoms with Gasteiger partial charge in [0.25, 0.3) is 0 Å². The molecular formula is C10H12N4. The maximum absolute atomic E-state index is 5.26. The maximum atomic E-state index is 5.26. The van der Waals surface area contributed by atoms with Crippen LogP contribution in [0, 0.1) is 0 Å². The van der Waals surface area contributed by atoms with Crippen molar-refractivity contribution in [2.75, 3.05) is 0 Å². The summed E-state index contributed by atoms with van der Waals surface area (Å²) in [5.74, 6) is 6.16. The number of nitrogens with one attached hydrogen (secondary N) is 1. The summed E-state index contributed by atoms with van der Waals surface area (Å²) in [6, 6.07) is 10.0. The lowest BCUT2D eigenvalue weighted by molar-refractivity contribution is 0.689. The summed E-state index contributed by atoms with van der Waals surface area (Å²) in [4.78, 5) is 4.20. The summed E-state index contributed by atoms with van der Waals surface area (Å²) in [7, 11) is 0. The molecule has 1 aromatic heterocycles. The third-order valence-corrected chi connectivity index (χ3v) is 2.01. The SMILES string of the molecule is NNCc1nccn1-c1ccccc1. The van der Waals surface area contributed by atoms with Crippen LogP contribution in [0.4, 0.5) is 0 Å². The zero-order valence-electron chi connectivity index (χ0n) is 7.72. The fourth-order valence-electron chi connectivity index (χ4n) is 1.38. The average Bonchev–Trinajstić information content (AvgIpc) is 2.68. The first-order valence-electron chi connectivity index (χ1n) is 4.43. The second-order valence-corrected chi connectivity index (χ2v) is 2.93. The van der Waals surface area contributed by atoms with Gasteiger partial charge in [0.2, 0.25) is 0 Å². The predicted molar refractivity (Wildman–Crippen MR) is 54.6 cm³/mol. The van der Waals surface area contributed by atoms with E-state index in [-0.39, 0.29) is 0 Å². The molecule has 0 radical (unpaired) electrons. The largest absolute Gasteiger partial charge is 0.303 e. The maximum Gasteiger partial charge on any atom is 0.128 e. The molecule has 0 aliphatic carbocycles. The third kappa shape index (κ3) is 1.66. The van der Waals surface area contributed by atoms with E-state index in [1.807, 2.05) is 41.1 Å². The number of nitrogens with zero attached hydrogens (tertiary/aromatic N) is 2. The van der Waals surface area contributed by atoms with Crippen molar-refractivity contribution in [3.8, 4) is 5.69 Å². The van der Waals surface area contributed by atoms with Gasteiger partial charge >= 0.3 is 0 Å². The number of aromatic nitrogens is 2.